The molecule has 0 aromatic carbocycles. The Hall–Kier alpha value is -1.39. The maximum atomic E-state index is 11.7. The molecule has 0 aliphatic carbocycles. The minimum absolute atomic E-state index is 0.0612. The SMILES string of the molecule is CCC(C)(C)C(=O)NC(=O)C1COC(=O)C1. The van der Waals surface area contributed by atoms with Crippen LogP contribution in [0.25, 0.3) is 0 Å². The highest BCUT2D eigenvalue weighted by Gasteiger charge is 2.33. The van der Waals surface area contributed by atoms with E-state index in [2.05, 4.69) is 10.1 Å². The van der Waals surface area contributed by atoms with Crippen LogP contribution in [0.2, 0.25) is 0 Å². The number of esters is 1. The molecule has 1 N–H and O–H groups in total. The summed E-state index contributed by atoms with van der Waals surface area (Å²) >= 11 is 0. The molecular formula is C11H17NO4. The largest absolute Gasteiger partial charge is 0.465 e. The number of imide groups is 1. The van der Waals surface area contributed by atoms with Gasteiger partial charge in [-0.15, -0.1) is 0 Å². The molecule has 2 amide bonds. The highest BCUT2D eigenvalue weighted by Crippen LogP contribution is 2.20. The fraction of sp³-hybridized carbons (Fsp3) is 0.727. The molecule has 1 fully saturated rings. The molecule has 1 aliphatic heterocycles. The molecule has 1 atom stereocenters. The van der Waals surface area contributed by atoms with Crippen LogP contribution >= 0.6 is 0 Å². The average molecular weight is 227 g/mol. The fourth-order valence-electron chi connectivity index (χ4n) is 1.22. The Balaban J connectivity index is 2.52. The average Bonchev–Trinajstić information content (AvgIpc) is 2.64. The normalized spacial score (nSPS) is 20.4. The molecule has 1 unspecified atom stereocenters. The Labute approximate surface area is 94.5 Å². The maximum absolute atomic E-state index is 11.7. The number of hydrogen-bond donors (Lipinski definition) is 1. The van der Waals surface area contributed by atoms with E-state index in [4.69, 9.17) is 0 Å². The zero-order valence-corrected chi connectivity index (χ0v) is 9.83. The monoisotopic (exact) mass is 227 g/mol. The van der Waals surface area contributed by atoms with Gasteiger partial charge in [0.1, 0.15) is 6.61 Å². The van der Waals surface area contributed by atoms with Gasteiger partial charge >= 0.3 is 5.97 Å². The smallest absolute Gasteiger partial charge is 0.306 e. The van der Waals surface area contributed by atoms with Gasteiger partial charge in [0.15, 0.2) is 0 Å². The lowest BCUT2D eigenvalue weighted by molar-refractivity contribution is -0.138. The van der Waals surface area contributed by atoms with Gasteiger partial charge in [-0.25, -0.2) is 0 Å². The fourth-order valence-corrected chi connectivity index (χ4v) is 1.22. The van der Waals surface area contributed by atoms with E-state index < -0.39 is 17.2 Å². The molecule has 0 spiro atoms. The lowest BCUT2D eigenvalue weighted by Gasteiger charge is -2.21. The molecule has 5 nitrogen and oxygen atoms in total. The van der Waals surface area contributed by atoms with Gasteiger partial charge < -0.3 is 4.74 Å². The van der Waals surface area contributed by atoms with Gasteiger partial charge in [-0.3, -0.25) is 19.7 Å². The third kappa shape index (κ3) is 2.81. The van der Waals surface area contributed by atoms with Crippen molar-refractivity contribution in [3.8, 4) is 0 Å². The van der Waals surface area contributed by atoms with Crippen molar-refractivity contribution in [2.45, 2.75) is 33.6 Å². The molecule has 1 aliphatic rings. The second kappa shape index (κ2) is 4.63. The number of carbonyl (C=O) groups is 3. The van der Waals surface area contributed by atoms with Crippen LogP contribution in [0.1, 0.15) is 33.6 Å². The first kappa shape index (κ1) is 12.7. The van der Waals surface area contributed by atoms with E-state index in [1.165, 1.54) is 0 Å². The van der Waals surface area contributed by atoms with Crippen LogP contribution in [-0.4, -0.2) is 24.4 Å². The van der Waals surface area contributed by atoms with E-state index in [1.807, 2.05) is 6.92 Å². The Kier molecular flexibility index (Phi) is 3.67. The lowest BCUT2D eigenvalue weighted by atomic mass is 9.89. The van der Waals surface area contributed by atoms with Gasteiger partial charge in [-0.2, -0.15) is 0 Å². The Bertz CT molecular complexity index is 322. The number of rotatable bonds is 3. The Morgan fingerprint density at radius 2 is 2.12 bits per heavy atom. The summed E-state index contributed by atoms with van der Waals surface area (Å²) < 4.78 is 4.67. The topological polar surface area (TPSA) is 72.5 Å². The summed E-state index contributed by atoms with van der Waals surface area (Å²) in [5, 5.41) is 2.32. The zero-order valence-electron chi connectivity index (χ0n) is 9.83. The van der Waals surface area contributed by atoms with Crippen LogP contribution in [0.15, 0.2) is 0 Å². The number of hydrogen-bond acceptors (Lipinski definition) is 4. The van der Waals surface area contributed by atoms with E-state index in [1.54, 1.807) is 13.8 Å². The molecule has 1 heterocycles. The molecule has 0 saturated carbocycles. The van der Waals surface area contributed by atoms with Crippen LogP contribution in [0, 0.1) is 11.3 Å². The van der Waals surface area contributed by atoms with Crippen LogP contribution < -0.4 is 5.32 Å². The quantitative estimate of drug-likeness (QED) is 0.718. The standard InChI is InChI=1S/C11H17NO4/c1-4-11(2,3)10(15)12-9(14)7-5-8(13)16-6-7/h7H,4-6H2,1-3H3,(H,12,14,15). The van der Waals surface area contributed by atoms with Crippen molar-refractivity contribution in [3.63, 3.8) is 0 Å². The minimum atomic E-state index is -0.570. The molecule has 0 aromatic rings. The summed E-state index contributed by atoms with van der Waals surface area (Å²) in [7, 11) is 0. The third-order valence-electron chi connectivity index (χ3n) is 2.96. The van der Waals surface area contributed by atoms with E-state index in [-0.39, 0.29) is 24.9 Å². The van der Waals surface area contributed by atoms with Gasteiger partial charge in [0.05, 0.1) is 12.3 Å². The van der Waals surface area contributed by atoms with Crippen molar-refractivity contribution in [1.82, 2.24) is 5.32 Å². The summed E-state index contributed by atoms with van der Waals surface area (Å²) in [5.74, 6) is -1.64. The first-order chi connectivity index (χ1) is 7.36. The number of amides is 2. The lowest BCUT2D eigenvalue weighted by Crippen LogP contribution is -2.43. The molecule has 16 heavy (non-hydrogen) atoms. The van der Waals surface area contributed by atoms with Crippen LogP contribution in [0.3, 0.4) is 0 Å². The summed E-state index contributed by atoms with van der Waals surface area (Å²) in [6.07, 6.45) is 0.706. The predicted molar refractivity (Wildman–Crippen MR) is 56.3 cm³/mol. The van der Waals surface area contributed by atoms with Gasteiger partial charge in [-0.05, 0) is 6.42 Å². The molecular weight excluding hydrogens is 210 g/mol. The zero-order chi connectivity index (χ0) is 12.3. The Morgan fingerprint density at radius 1 is 1.50 bits per heavy atom. The van der Waals surface area contributed by atoms with E-state index in [0.717, 1.165) is 0 Å². The molecule has 0 aromatic heterocycles. The van der Waals surface area contributed by atoms with Crippen molar-refractivity contribution in [2.75, 3.05) is 6.61 Å². The number of cyclic esters (lactones) is 1. The summed E-state index contributed by atoms with van der Waals surface area (Å²) in [4.78, 5) is 34.1. The third-order valence-corrected chi connectivity index (χ3v) is 2.96. The highest BCUT2D eigenvalue weighted by molar-refractivity contribution is 6.00. The summed E-state index contributed by atoms with van der Waals surface area (Å²) in [6.45, 7) is 5.49. The number of nitrogens with one attached hydrogen (secondary N) is 1. The molecule has 1 rings (SSSR count). The summed E-state index contributed by atoms with van der Waals surface area (Å²) in [6, 6.07) is 0. The van der Waals surface area contributed by atoms with E-state index in [0.29, 0.717) is 6.42 Å². The van der Waals surface area contributed by atoms with Gasteiger partial charge in [0, 0.05) is 5.41 Å². The van der Waals surface area contributed by atoms with Crippen molar-refractivity contribution < 1.29 is 19.1 Å². The second-order valence-electron chi connectivity index (χ2n) is 4.64. The molecule has 0 bridgehead atoms. The van der Waals surface area contributed by atoms with Crippen LogP contribution in [0.5, 0.6) is 0 Å². The first-order valence-corrected chi connectivity index (χ1v) is 5.37. The van der Waals surface area contributed by atoms with E-state index in [9.17, 15) is 14.4 Å². The minimum Gasteiger partial charge on any atom is -0.465 e. The van der Waals surface area contributed by atoms with Crippen molar-refractivity contribution in [1.29, 1.82) is 0 Å². The Morgan fingerprint density at radius 3 is 2.56 bits per heavy atom. The second-order valence-corrected chi connectivity index (χ2v) is 4.64. The van der Waals surface area contributed by atoms with Crippen LogP contribution in [0.4, 0.5) is 0 Å². The summed E-state index contributed by atoms with van der Waals surface area (Å²) in [5.41, 5.74) is -0.570. The van der Waals surface area contributed by atoms with E-state index >= 15 is 0 Å². The van der Waals surface area contributed by atoms with Gasteiger partial charge in [-0.1, -0.05) is 20.8 Å². The molecule has 5 heteroatoms. The molecule has 90 valence electrons. The number of carbonyl (C=O) groups excluding carboxylic acids is 3. The van der Waals surface area contributed by atoms with Gasteiger partial charge in [0.2, 0.25) is 11.8 Å². The van der Waals surface area contributed by atoms with Crippen LogP contribution in [-0.2, 0) is 19.1 Å². The maximum Gasteiger partial charge on any atom is 0.306 e. The van der Waals surface area contributed by atoms with Crippen molar-refractivity contribution >= 4 is 17.8 Å². The number of ether oxygens (including phenoxy) is 1. The highest BCUT2D eigenvalue weighted by atomic mass is 16.5. The first-order valence-electron chi connectivity index (χ1n) is 5.37. The predicted octanol–water partition coefficient (Wildman–Crippen LogP) is 0.628. The molecule has 1 saturated heterocycles. The van der Waals surface area contributed by atoms with Crippen molar-refractivity contribution in [3.05, 3.63) is 0 Å². The van der Waals surface area contributed by atoms with Gasteiger partial charge in [0.25, 0.3) is 0 Å². The molecule has 0 radical (unpaired) electrons. The van der Waals surface area contributed by atoms with Crippen molar-refractivity contribution in [2.24, 2.45) is 11.3 Å².